The largest absolute Gasteiger partial charge is 0.508 e. The lowest BCUT2D eigenvalue weighted by Crippen LogP contribution is -1.68. The van der Waals surface area contributed by atoms with Crippen LogP contribution < -0.4 is 0 Å². The fourth-order valence-electron chi connectivity index (χ4n) is 0.563. The van der Waals surface area contributed by atoms with Crippen molar-refractivity contribution in [3.63, 3.8) is 0 Å². The van der Waals surface area contributed by atoms with Gasteiger partial charge < -0.3 is 9.84 Å². The van der Waals surface area contributed by atoms with E-state index >= 15 is 0 Å². The number of phenols is 1. The van der Waals surface area contributed by atoms with Gasteiger partial charge in [-0.25, -0.2) is 0 Å². The Hall–Kier alpha value is -1.02. The second-order valence-corrected chi connectivity index (χ2v) is 2.40. The summed E-state index contributed by atoms with van der Waals surface area (Å²) in [6.45, 7) is 3.87. The number of rotatable bonds is 0. The molecule has 0 amide bonds. The number of epoxide rings is 1. The molecule has 1 aromatic carbocycles. The molecule has 1 aliphatic rings. The van der Waals surface area contributed by atoms with E-state index in [0.717, 1.165) is 18.8 Å². The molecule has 2 heteroatoms. The van der Waals surface area contributed by atoms with Crippen LogP contribution in [0.15, 0.2) is 24.3 Å². The molecule has 1 aromatic rings. The van der Waals surface area contributed by atoms with Gasteiger partial charge in [-0.05, 0) is 18.6 Å². The summed E-state index contributed by atoms with van der Waals surface area (Å²) in [5, 5.41) is 8.92. The fourth-order valence-corrected chi connectivity index (χ4v) is 0.563. The maximum Gasteiger partial charge on any atom is 0.118 e. The highest BCUT2D eigenvalue weighted by molar-refractivity contribution is 5.29. The number of hydrogen-bond acceptors (Lipinski definition) is 2. The molecule has 0 bridgehead atoms. The molecule has 0 saturated carbocycles. The molecule has 0 unspecified atom stereocenters. The molecule has 0 aromatic heterocycles. The Morgan fingerprint density at radius 1 is 1.27 bits per heavy atom. The van der Waals surface area contributed by atoms with Crippen LogP contribution in [0, 0.1) is 6.92 Å². The van der Waals surface area contributed by atoms with Crippen LogP contribution in [-0.2, 0) is 4.74 Å². The molecular weight excluding hydrogens is 140 g/mol. The van der Waals surface area contributed by atoms with E-state index in [1.54, 1.807) is 6.07 Å². The molecule has 1 N–H and O–H groups in total. The van der Waals surface area contributed by atoms with Crippen LogP contribution in [-0.4, -0.2) is 18.3 Å². The highest BCUT2D eigenvalue weighted by Crippen LogP contribution is 2.12. The second kappa shape index (κ2) is 3.98. The van der Waals surface area contributed by atoms with Crippen LogP contribution in [0.2, 0.25) is 0 Å². The SMILES string of the molecule is C1CO1.Cc1ccccc1O. The quantitative estimate of drug-likeness (QED) is 0.574. The molecule has 0 aliphatic carbocycles. The Bertz CT molecular complexity index is 195. The first kappa shape index (κ1) is 8.08. The lowest BCUT2D eigenvalue weighted by Gasteiger charge is -1.92. The van der Waals surface area contributed by atoms with E-state index in [-0.39, 0.29) is 0 Å². The molecule has 11 heavy (non-hydrogen) atoms. The smallest absolute Gasteiger partial charge is 0.118 e. The van der Waals surface area contributed by atoms with Gasteiger partial charge in [0.05, 0.1) is 13.2 Å². The van der Waals surface area contributed by atoms with E-state index < -0.39 is 0 Å². The summed E-state index contributed by atoms with van der Waals surface area (Å²) in [5.41, 5.74) is 0.924. The topological polar surface area (TPSA) is 32.8 Å². The standard InChI is InChI=1S/C7H8O.C2H4O/c1-6-4-2-3-5-7(6)8;1-2-3-1/h2-5,8H,1H3;1-2H2. The van der Waals surface area contributed by atoms with Gasteiger partial charge in [0.1, 0.15) is 5.75 Å². The number of aryl methyl sites for hydroxylation is 1. The van der Waals surface area contributed by atoms with E-state index in [9.17, 15) is 0 Å². The molecule has 1 saturated heterocycles. The third kappa shape index (κ3) is 3.63. The Balaban J connectivity index is 0.000000167. The van der Waals surface area contributed by atoms with Crippen LogP contribution in [0.3, 0.4) is 0 Å². The average Bonchev–Trinajstić information content (AvgIpc) is 2.80. The van der Waals surface area contributed by atoms with E-state index in [1.807, 2.05) is 25.1 Å². The van der Waals surface area contributed by atoms with Gasteiger partial charge in [0.2, 0.25) is 0 Å². The molecule has 0 spiro atoms. The second-order valence-electron chi connectivity index (χ2n) is 2.40. The fraction of sp³-hybridized carbons (Fsp3) is 0.333. The highest BCUT2D eigenvalue weighted by Gasteiger charge is 1.94. The van der Waals surface area contributed by atoms with Crippen LogP contribution >= 0.6 is 0 Å². The summed E-state index contributed by atoms with van der Waals surface area (Å²) in [5.74, 6) is 0.368. The first-order valence-corrected chi connectivity index (χ1v) is 3.63. The zero-order valence-electron chi connectivity index (χ0n) is 6.58. The Kier molecular flexibility index (Phi) is 2.93. The predicted molar refractivity (Wildman–Crippen MR) is 43.7 cm³/mol. The maximum atomic E-state index is 8.92. The maximum absolute atomic E-state index is 8.92. The third-order valence-corrected chi connectivity index (χ3v) is 1.32. The summed E-state index contributed by atoms with van der Waals surface area (Å²) in [4.78, 5) is 0. The zero-order valence-corrected chi connectivity index (χ0v) is 6.58. The first-order valence-electron chi connectivity index (χ1n) is 3.63. The van der Waals surface area contributed by atoms with Gasteiger partial charge >= 0.3 is 0 Å². The molecule has 1 heterocycles. The number of benzene rings is 1. The normalized spacial score (nSPS) is 13.2. The molecule has 2 rings (SSSR count). The van der Waals surface area contributed by atoms with Crippen molar-refractivity contribution in [3.8, 4) is 5.75 Å². The summed E-state index contributed by atoms with van der Waals surface area (Å²) < 4.78 is 4.50. The summed E-state index contributed by atoms with van der Waals surface area (Å²) in [6.07, 6.45) is 0. The Labute approximate surface area is 66.4 Å². The van der Waals surface area contributed by atoms with Crippen LogP contribution in [0.4, 0.5) is 0 Å². The van der Waals surface area contributed by atoms with Gasteiger partial charge in [0, 0.05) is 0 Å². The van der Waals surface area contributed by atoms with Crippen LogP contribution in [0.25, 0.3) is 0 Å². The number of para-hydroxylation sites is 1. The van der Waals surface area contributed by atoms with Gasteiger partial charge in [0.15, 0.2) is 0 Å². The molecule has 0 atom stereocenters. The zero-order chi connectivity index (χ0) is 8.10. The molecular formula is C9H12O2. The summed E-state index contributed by atoms with van der Waals surface area (Å²) >= 11 is 0. The number of hydrogen-bond donors (Lipinski definition) is 1. The lowest BCUT2D eigenvalue weighted by molar-refractivity contribution is 0.471. The average molecular weight is 152 g/mol. The van der Waals surface area contributed by atoms with Crippen molar-refractivity contribution in [2.75, 3.05) is 13.2 Å². The monoisotopic (exact) mass is 152 g/mol. The highest BCUT2D eigenvalue weighted by atomic mass is 16.6. The minimum Gasteiger partial charge on any atom is -0.508 e. The first-order chi connectivity index (χ1) is 5.30. The van der Waals surface area contributed by atoms with E-state index in [1.165, 1.54) is 0 Å². The van der Waals surface area contributed by atoms with E-state index in [2.05, 4.69) is 4.74 Å². The van der Waals surface area contributed by atoms with Crippen molar-refractivity contribution in [2.24, 2.45) is 0 Å². The van der Waals surface area contributed by atoms with Crippen molar-refractivity contribution in [1.29, 1.82) is 0 Å². The molecule has 1 aliphatic heterocycles. The van der Waals surface area contributed by atoms with Crippen LogP contribution in [0.5, 0.6) is 5.75 Å². The molecule has 0 radical (unpaired) electrons. The van der Waals surface area contributed by atoms with Crippen molar-refractivity contribution >= 4 is 0 Å². The van der Waals surface area contributed by atoms with Crippen molar-refractivity contribution < 1.29 is 9.84 Å². The summed E-state index contributed by atoms with van der Waals surface area (Å²) in [6, 6.07) is 7.25. The van der Waals surface area contributed by atoms with E-state index in [0.29, 0.717) is 5.75 Å². The van der Waals surface area contributed by atoms with Crippen molar-refractivity contribution in [1.82, 2.24) is 0 Å². The van der Waals surface area contributed by atoms with E-state index in [4.69, 9.17) is 5.11 Å². The van der Waals surface area contributed by atoms with Gasteiger partial charge in [-0.15, -0.1) is 0 Å². The minimum absolute atomic E-state index is 0.368. The van der Waals surface area contributed by atoms with Gasteiger partial charge in [-0.1, -0.05) is 18.2 Å². The van der Waals surface area contributed by atoms with Crippen LogP contribution in [0.1, 0.15) is 5.56 Å². The van der Waals surface area contributed by atoms with Gasteiger partial charge in [-0.2, -0.15) is 0 Å². The van der Waals surface area contributed by atoms with Crippen molar-refractivity contribution in [3.05, 3.63) is 29.8 Å². The Morgan fingerprint density at radius 2 is 1.82 bits per heavy atom. The molecule has 1 fully saturated rings. The molecule has 2 nitrogen and oxygen atoms in total. The van der Waals surface area contributed by atoms with Crippen molar-refractivity contribution in [2.45, 2.75) is 6.92 Å². The number of ether oxygens (including phenoxy) is 1. The Morgan fingerprint density at radius 3 is 2.09 bits per heavy atom. The minimum atomic E-state index is 0.368. The predicted octanol–water partition coefficient (Wildman–Crippen LogP) is 1.72. The third-order valence-electron chi connectivity index (χ3n) is 1.32. The van der Waals surface area contributed by atoms with Gasteiger partial charge in [-0.3, -0.25) is 0 Å². The number of phenolic OH excluding ortho intramolecular Hbond substituents is 1. The lowest BCUT2D eigenvalue weighted by atomic mass is 10.2. The summed E-state index contributed by atoms with van der Waals surface area (Å²) in [7, 11) is 0. The van der Waals surface area contributed by atoms with Gasteiger partial charge in [0.25, 0.3) is 0 Å². The molecule has 60 valence electrons. The number of aromatic hydroxyl groups is 1.